The van der Waals surface area contributed by atoms with Crippen molar-refractivity contribution >= 4 is 21.9 Å². The maximum Gasteiger partial charge on any atom is 0.330 e. The first kappa shape index (κ1) is 15.4. The standard InChI is InChI=1S/C13H21BrO2/c1-11(6-4-8-12(2)10-14)7-5-9-13(15)16-3/h5,8-9,11H,4,6-7,10H2,1-3H3. The summed E-state index contributed by atoms with van der Waals surface area (Å²) in [6.45, 7) is 4.31. The summed E-state index contributed by atoms with van der Waals surface area (Å²) in [5, 5.41) is 0.948. The molecular weight excluding hydrogens is 268 g/mol. The summed E-state index contributed by atoms with van der Waals surface area (Å²) in [6.07, 6.45) is 8.82. The molecule has 0 fully saturated rings. The second-order valence-electron chi connectivity index (χ2n) is 4.03. The molecule has 1 atom stereocenters. The van der Waals surface area contributed by atoms with Crippen LogP contribution in [0.1, 0.15) is 33.1 Å². The van der Waals surface area contributed by atoms with Gasteiger partial charge in [0.05, 0.1) is 7.11 Å². The molecule has 0 saturated carbocycles. The van der Waals surface area contributed by atoms with Crippen molar-refractivity contribution in [2.24, 2.45) is 5.92 Å². The van der Waals surface area contributed by atoms with Gasteiger partial charge in [-0.3, -0.25) is 0 Å². The Morgan fingerprint density at radius 1 is 1.50 bits per heavy atom. The first-order valence-electron chi connectivity index (χ1n) is 5.56. The molecule has 2 nitrogen and oxygen atoms in total. The molecule has 16 heavy (non-hydrogen) atoms. The zero-order valence-corrected chi connectivity index (χ0v) is 11.9. The lowest BCUT2D eigenvalue weighted by molar-refractivity contribution is -0.134. The molecule has 1 unspecified atom stereocenters. The van der Waals surface area contributed by atoms with Gasteiger partial charge in [-0.25, -0.2) is 4.79 Å². The van der Waals surface area contributed by atoms with Crippen LogP contribution in [0.5, 0.6) is 0 Å². The zero-order chi connectivity index (χ0) is 12.4. The molecule has 0 aliphatic rings. The minimum absolute atomic E-state index is 0.276. The Hall–Kier alpha value is -0.570. The van der Waals surface area contributed by atoms with Gasteiger partial charge in [0, 0.05) is 11.4 Å². The molecule has 92 valence electrons. The average Bonchev–Trinajstić information content (AvgIpc) is 2.28. The average molecular weight is 289 g/mol. The third kappa shape index (κ3) is 8.72. The number of ether oxygens (including phenoxy) is 1. The van der Waals surface area contributed by atoms with Crippen LogP contribution < -0.4 is 0 Å². The van der Waals surface area contributed by atoms with Crippen molar-refractivity contribution in [2.75, 3.05) is 12.4 Å². The molecule has 0 aromatic carbocycles. The predicted molar refractivity (Wildman–Crippen MR) is 71.7 cm³/mol. The SMILES string of the molecule is COC(=O)C=CCC(C)CCC=C(C)CBr. The van der Waals surface area contributed by atoms with Gasteiger partial charge >= 0.3 is 5.97 Å². The number of carbonyl (C=O) groups is 1. The summed E-state index contributed by atoms with van der Waals surface area (Å²) >= 11 is 3.42. The number of hydrogen-bond acceptors (Lipinski definition) is 2. The minimum atomic E-state index is -0.276. The van der Waals surface area contributed by atoms with E-state index in [1.807, 2.05) is 6.08 Å². The fourth-order valence-corrected chi connectivity index (χ4v) is 1.48. The largest absolute Gasteiger partial charge is 0.466 e. The Balaban J connectivity index is 3.71. The van der Waals surface area contributed by atoms with Crippen LogP contribution in [-0.2, 0) is 9.53 Å². The fourth-order valence-electron chi connectivity index (χ4n) is 1.25. The van der Waals surface area contributed by atoms with Crippen molar-refractivity contribution in [3.63, 3.8) is 0 Å². The molecule has 0 radical (unpaired) electrons. The van der Waals surface area contributed by atoms with Gasteiger partial charge in [0.1, 0.15) is 0 Å². The smallest absolute Gasteiger partial charge is 0.330 e. The van der Waals surface area contributed by atoms with Gasteiger partial charge < -0.3 is 4.74 Å². The van der Waals surface area contributed by atoms with E-state index in [1.54, 1.807) is 0 Å². The van der Waals surface area contributed by atoms with Crippen molar-refractivity contribution in [3.8, 4) is 0 Å². The van der Waals surface area contributed by atoms with Gasteiger partial charge in [-0.1, -0.05) is 40.6 Å². The Morgan fingerprint density at radius 2 is 2.19 bits per heavy atom. The van der Waals surface area contributed by atoms with Crippen molar-refractivity contribution < 1.29 is 9.53 Å². The molecular formula is C13H21BrO2. The Morgan fingerprint density at radius 3 is 2.75 bits per heavy atom. The van der Waals surface area contributed by atoms with Crippen LogP contribution in [0.4, 0.5) is 0 Å². The number of esters is 1. The third-order valence-electron chi connectivity index (χ3n) is 2.36. The predicted octanol–water partition coefficient (Wildman–Crippen LogP) is 3.86. The number of hydrogen-bond donors (Lipinski definition) is 0. The van der Waals surface area contributed by atoms with Crippen molar-refractivity contribution in [1.82, 2.24) is 0 Å². The lowest BCUT2D eigenvalue weighted by Crippen LogP contribution is -1.96. The molecule has 3 heteroatoms. The number of methoxy groups -OCH3 is 1. The van der Waals surface area contributed by atoms with E-state index in [0.717, 1.165) is 24.6 Å². The van der Waals surface area contributed by atoms with Crippen LogP contribution in [0.15, 0.2) is 23.8 Å². The van der Waals surface area contributed by atoms with Gasteiger partial charge in [-0.05, 0) is 32.1 Å². The summed E-state index contributed by atoms with van der Waals surface area (Å²) in [5.74, 6) is 0.322. The normalized spacial score (nSPS) is 14.1. The van der Waals surface area contributed by atoms with Crippen LogP contribution >= 0.6 is 15.9 Å². The highest BCUT2D eigenvalue weighted by Crippen LogP contribution is 2.12. The van der Waals surface area contributed by atoms with Crippen LogP contribution in [0.2, 0.25) is 0 Å². The van der Waals surface area contributed by atoms with Crippen molar-refractivity contribution in [3.05, 3.63) is 23.8 Å². The van der Waals surface area contributed by atoms with Gasteiger partial charge in [-0.2, -0.15) is 0 Å². The lowest BCUT2D eigenvalue weighted by atomic mass is 10.0. The van der Waals surface area contributed by atoms with Gasteiger partial charge in [0.15, 0.2) is 0 Å². The van der Waals surface area contributed by atoms with E-state index >= 15 is 0 Å². The molecule has 0 aromatic rings. The van der Waals surface area contributed by atoms with Crippen molar-refractivity contribution in [2.45, 2.75) is 33.1 Å². The Labute approximate surface area is 107 Å². The summed E-state index contributed by atoms with van der Waals surface area (Å²) in [5.41, 5.74) is 1.37. The molecule has 0 rings (SSSR count). The van der Waals surface area contributed by atoms with E-state index in [9.17, 15) is 4.79 Å². The molecule has 0 amide bonds. The summed E-state index contributed by atoms with van der Waals surface area (Å²) in [6, 6.07) is 0. The maximum absolute atomic E-state index is 10.8. The second-order valence-corrected chi connectivity index (χ2v) is 4.59. The fraction of sp³-hybridized carbons (Fsp3) is 0.615. The summed E-state index contributed by atoms with van der Waals surface area (Å²) < 4.78 is 4.52. The van der Waals surface area contributed by atoms with E-state index in [-0.39, 0.29) is 5.97 Å². The highest BCUT2D eigenvalue weighted by molar-refractivity contribution is 9.09. The van der Waals surface area contributed by atoms with Crippen molar-refractivity contribution in [1.29, 1.82) is 0 Å². The maximum atomic E-state index is 10.8. The van der Waals surface area contributed by atoms with Crippen LogP contribution in [0.25, 0.3) is 0 Å². The summed E-state index contributed by atoms with van der Waals surface area (Å²) in [4.78, 5) is 10.8. The number of carbonyl (C=O) groups excluding carboxylic acids is 1. The van der Waals surface area contributed by atoms with E-state index in [0.29, 0.717) is 5.92 Å². The van der Waals surface area contributed by atoms with Crippen LogP contribution in [0.3, 0.4) is 0 Å². The molecule has 0 aliphatic heterocycles. The molecule has 0 bridgehead atoms. The number of halogens is 1. The quantitative estimate of drug-likeness (QED) is 0.308. The van der Waals surface area contributed by atoms with Crippen LogP contribution in [-0.4, -0.2) is 18.4 Å². The number of allylic oxidation sites excluding steroid dienone is 3. The third-order valence-corrected chi connectivity index (χ3v) is 3.24. The molecule has 0 saturated heterocycles. The van der Waals surface area contributed by atoms with Gasteiger partial charge in [-0.15, -0.1) is 0 Å². The highest BCUT2D eigenvalue weighted by Gasteiger charge is 1.99. The first-order chi connectivity index (χ1) is 7.60. The van der Waals surface area contributed by atoms with E-state index in [1.165, 1.54) is 18.8 Å². The Kier molecular flexibility index (Phi) is 9.30. The van der Waals surface area contributed by atoms with E-state index in [4.69, 9.17) is 0 Å². The Bertz CT molecular complexity index is 257. The summed E-state index contributed by atoms with van der Waals surface area (Å²) in [7, 11) is 1.39. The molecule has 0 aliphatic carbocycles. The van der Waals surface area contributed by atoms with E-state index < -0.39 is 0 Å². The van der Waals surface area contributed by atoms with Gasteiger partial charge in [0.25, 0.3) is 0 Å². The molecule has 0 aromatic heterocycles. The van der Waals surface area contributed by atoms with E-state index in [2.05, 4.69) is 40.6 Å². The topological polar surface area (TPSA) is 26.3 Å². The van der Waals surface area contributed by atoms with Crippen LogP contribution in [0, 0.1) is 5.92 Å². The molecule has 0 N–H and O–H groups in total. The monoisotopic (exact) mass is 288 g/mol. The second kappa shape index (κ2) is 9.64. The molecule has 0 spiro atoms. The first-order valence-corrected chi connectivity index (χ1v) is 6.68. The number of alkyl halides is 1. The zero-order valence-electron chi connectivity index (χ0n) is 10.3. The minimum Gasteiger partial charge on any atom is -0.466 e. The lowest BCUT2D eigenvalue weighted by Gasteiger charge is -2.06. The highest BCUT2D eigenvalue weighted by atomic mass is 79.9. The van der Waals surface area contributed by atoms with Gasteiger partial charge in [0.2, 0.25) is 0 Å². The molecule has 0 heterocycles. The number of rotatable bonds is 7.